The number of hydrogen-bond acceptors (Lipinski definition) is 2. The molecule has 0 aliphatic rings. The summed E-state index contributed by atoms with van der Waals surface area (Å²) in [6, 6.07) is 4.73. The van der Waals surface area contributed by atoms with Crippen molar-refractivity contribution >= 4 is 38.9 Å². The number of alkyl halides is 1. The molecule has 1 aromatic heterocycles. The third kappa shape index (κ3) is 3.56. The predicted molar refractivity (Wildman–Crippen MR) is 54.4 cm³/mol. The van der Waals surface area contributed by atoms with E-state index in [-0.39, 0.29) is 0 Å². The molecule has 0 fully saturated rings. The highest BCUT2D eigenvalue weighted by Crippen LogP contribution is 2.21. The van der Waals surface area contributed by atoms with E-state index in [4.69, 9.17) is 11.6 Å². The maximum absolute atomic E-state index is 5.46. The Morgan fingerprint density at radius 2 is 2.36 bits per heavy atom. The molecular formula is C7H9BrClNS. The van der Waals surface area contributed by atoms with Gasteiger partial charge in [-0.05, 0) is 34.5 Å². The van der Waals surface area contributed by atoms with E-state index in [1.807, 2.05) is 0 Å². The van der Waals surface area contributed by atoms with Gasteiger partial charge in [-0.3, -0.25) is 0 Å². The summed E-state index contributed by atoms with van der Waals surface area (Å²) in [6.07, 6.45) is 1.06. The van der Waals surface area contributed by atoms with Crippen molar-refractivity contribution in [1.29, 1.82) is 0 Å². The zero-order valence-electron chi connectivity index (χ0n) is 5.94. The van der Waals surface area contributed by atoms with Gasteiger partial charge in [-0.2, -0.15) is 0 Å². The van der Waals surface area contributed by atoms with Crippen molar-refractivity contribution in [3.05, 3.63) is 20.8 Å². The lowest BCUT2D eigenvalue weighted by molar-refractivity contribution is 0.777. The zero-order chi connectivity index (χ0) is 8.10. The van der Waals surface area contributed by atoms with Gasteiger partial charge in [0, 0.05) is 11.4 Å². The first-order chi connectivity index (χ1) is 5.33. The van der Waals surface area contributed by atoms with Crippen molar-refractivity contribution in [1.82, 2.24) is 5.32 Å². The molecule has 1 aromatic rings. The molecule has 11 heavy (non-hydrogen) atoms. The van der Waals surface area contributed by atoms with Crippen LogP contribution in [0.25, 0.3) is 0 Å². The van der Waals surface area contributed by atoms with E-state index >= 15 is 0 Å². The van der Waals surface area contributed by atoms with Gasteiger partial charge in [0.05, 0.1) is 9.79 Å². The Bertz CT molecular complexity index is 214. The quantitative estimate of drug-likeness (QED) is 0.495. The van der Waals surface area contributed by atoms with E-state index in [0.717, 1.165) is 13.0 Å². The van der Waals surface area contributed by atoms with Crippen LogP contribution < -0.4 is 5.32 Å². The topological polar surface area (TPSA) is 12.0 Å². The second-order valence-electron chi connectivity index (χ2n) is 2.09. The molecule has 0 atom stereocenters. The molecule has 1 N–H and O–H groups in total. The second kappa shape index (κ2) is 5.14. The molecule has 0 bridgehead atoms. The fraction of sp³-hybridized carbons (Fsp3) is 0.429. The van der Waals surface area contributed by atoms with Crippen LogP contribution in [0.1, 0.15) is 4.88 Å². The predicted octanol–water partition coefficient (Wildman–Crippen LogP) is 2.84. The lowest BCUT2D eigenvalue weighted by atomic mass is 10.3. The van der Waals surface area contributed by atoms with Gasteiger partial charge in [-0.15, -0.1) is 22.9 Å². The first kappa shape index (κ1) is 9.52. The molecule has 0 aromatic carbocycles. The van der Waals surface area contributed by atoms with Crippen LogP contribution >= 0.6 is 38.9 Å². The third-order valence-corrected chi connectivity index (χ3v) is 3.14. The van der Waals surface area contributed by atoms with E-state index in [9.17, 15) is 0 Å². The summed E-state index contributed by atoms with van der Waals surface area (Å²) in [5.74, 6) is 0. The number of hydrogen-bond donors (Lipinski definition) is 1. The molecule has 1 rings (SSSR count). The van der Waals surface area contributed by atoms with Gasteiger partial charge in [0.1, 0.15) is 0 Å². The van der Waals surface area contributed by atoms with Crippen LogP contribution in [0.2, 0.25) is 0 Å². The Kier molecular flexibility index (Phi) is 4.45. The SMILES string of the molecule is ClCNCCc1ccc(Br)s1. The van der Waals surface area contributed by atoms with Crippen molar-refractivity contribution in [2.45, 2.75) is 6.42 Å². The van der Waals surface area contributed by atoms with Crippen molar-refractivity contribution in [3.8, 4) is 0 Å². The standard InChI is InChI=1S/C7H9BrClNS/c8-7-2-1-6(11-7)3-4-10-5-9/h1-2,10H,3-5H2. The molecule has 1 nitrogen and oxygen atoms in total. The van der Waals surface area contributed by atoms with Crippen LogP contribution in [-0.4, -0.2) is 12.5 Å². The summed E-state index contributed by atoms with van der Waals surface area (Å²) in [4.78, 5) is 1.38. The maximum Gasteiger partial charge on any atom is 0.0713 e. The maximum atomic E-state index is 5.46. The molecule has 0 saturated carbocycles. The molecule has 0 aliphatic heterocycles. The average Bonchev–Trinajstić information content (AvgIpc) is 2.37. The summed E-state index contributed by atoms with van der Waals surface area (Å²) in [5, 5.41) is 3.06. The number of nitrogens with one attached hydrogen (secondary N) is 1. The van der Waals surface area contributed by atoms with Crippen LogP contribution in [0.3, 0.4) is 0 Å². The highest BCUT2D eigenvalue weighted by Gasteiger charge is 1.95. The first-order valence-electron chi connectivity index (χ1n) is 3.34. The summed E-state index contributed by atoms with van der Waals surface area (Å²) in [6.45, 7) is 0.955. The molecule has 0 saturated heterocycles. The van der Waals surface area contributed by atoms with E-state index in [0.29, 0.717) is 6.00 Å². The Morgan fingerprint density at radius 3 is 2.91 bits per heavy atom. The van der Waals surface area contributed by atoms with Gasteiger partial charge in [0.25, 0.3) is 0 Å². The highest BCUT2D eigenvalue weighted by molar-refractivity contribution is 9.11. The fourth-order valence-corrected chi connectivity index (χ4v) is 2.38. The van der Waals surface area contributed by atoms with Gasteiger partial charge in [0.2, 0.25) is 0 Å². The van der Waals surface area contributed by atoms with Crippen LogP contribution in [0.5, 0.6) is 0 Å². The van der Waals surface area contributed by atoms with Crippen molar-refractivity contribution in [2.75, 3.05) is 12.5 Å². The van der Waals surface area contributed by atoms with Gasteiger partial charge < -0.3 is 5.32 Å². The molecule has 1 heterocycles. The minimum atomic E-state index is 0.534. The average molecular weight is 255 g/mol. The molecular weight excluding hydrogens is 246 g/mol. The molecule has 0 amide bonds. The van der Waals surface area contributed by atoms with Crippen LogP contribution in [-0.2, 0) is 6.42 Å². The molecule has 62 valence electrons. The van der Waals surface area contributed by atoms with Crippen molar-refractivity contribution in [2.24, 2.45) is 0 Å². The minimum absolute atomic E-state index is 0.534. The van der Waals surface area contributed by atoms with Gasteiger partial charge in [-0.1, -0.05) is 0 Å². The van der Waals surface area contributed by atoms with E-state index in [2.05, 4.69) is 33.4 Å². The van der Waals surface area contributed by atoms with Gasteiger partial charge in [0.15, 0.2) is 0 Å². The Labute approximate surface area is 83.9 Å². The van der Waals surface area contributed by atoms with Gasteiger partial charge >= 0.3 is 0 Å². The van der Waals surface area contributed by atoms with Gasteiger partial charge in [-0.25, -0.2) is 0 Å². The fourth-order valence-electron chi connectivity index (χ4n) is 0.765. The molecule has 0 unspecified atom stereocenters. The zero-order valence-corrected chi connectivity index (χ0v) is 9.10. The number of halogens is 2. The normalized spacial score (nSPS) is 10.4. The Morgan fingerprint density at radius 1 is 1.55 bits per heavy atom. The van der Waals surface area contributed by atoms with Crippen molar-refractivity contribution in [3.63, 3.8) is 0 Å². The summed E-state index contributed by atoms with van der Waals surface area (Å²) >= 11 is 10.6. The summed E-state index contributed by atoms with van der Waals surface area (Å²) in [5.41, 5.74) is 0. The Balaban J connectivity index is 2.27. The molecule has 0 aliphatic carbocycles. The lowest BCUT2D eigenvalue weighted by Gasteiger charge is -1.96. The van der Waals surface area contributed by atoms with E-state index < -0.39 is 0 Å². The smallest absolute Gasteiger partial charge is 0.0713 e. The van der Waals surface area contributed by atoms with Crippen LogP contribution in [0, 0.1) is 0 Å². The largest absolute Gasteiger partial charge is 0.304 e. The first-order valence-corrected chi connectivity index (χ1v) is 5.48. The van der Waals surface area contributed by atoms with Crippen LogP contribution in [0.4, 0.5) is 0 Å². The minimum Gasteiger partial charge on any atom is -0.304 e. The van der Waals surface area contributed by atoms with E-state index in [1.165, 1.54) is 8.66 Å². The highest BCUT2D eigenvalue weighted by atomic mass is 79.9. The lowest BCUT2D eigenvalue weighted by Crippen LogP contribution is -2.13. The summed E-state index contributed by atoms with van der Waals surface area (Å²) in [7, 11) is 0. The molecule has 0 spiro atoms. The summed E-state index contributed by atoms with van der Waals surface area (Å²) < 4.78 is 1.19. The molecule has 4 heteroatoms. The van der Waals surface area contributed by atoms with E-state index in [1.54, 1.807) is 11.3 Å². The third-order valence-electron chi connectivity index (χ3n) is 1.27. The van der Waals surface area contributed by atoms with Crippen molar-refractivity contribution < 1.29 is 0 Å². The van der Waals surface area contributed by atoms with Crippen LogP contribution in [0.15, 0.2) is 15.9 Å². The second-order valence-corrected chi connectivity index (χ2v) is 4.90. The molecule has 0 radical (unpaired) electrons. The monoisotopic (exact) mass is 253 g/mol. The number of rotatable bonds is 4. The number of thiophene rings is 1. The Hall–Kier alpha value is 0.430.